The van der Waals surface area contributed by atoms with Gasteiger partial charge >= 0.3 is 0 Å². The first-order chi connectivity index (χ1) is 13.1. The molecule has 0 saturated carbocycles. The molecule has 7 heteroatoms. The topological polar surface area (TPSA) is 49.9 Å². The molecular formula is C20H17ClN2O3S. The van der Waals surface area contributed by atoms with Crippen LogP contribution >= 0.6 is 23.4 Å². The Hall–Kier alpha value is -2.28. The van der Waals surface area contributed by atoms with E-state index in [9.17, 15) is 9.59 Å². The van der Waals surface area contributed by atoms with E-state index in [1.807, 2.05) is 24.3 Å². The quantitative estimate of drug-likeness (QED) is 0.714. The standard InChI is InChI=1S/C20H17ClN2O3S/c21-16-3-1-2-4-17(16)23-19(24)18(27-20(23)25)13-14-5-7-15(8-6-14)22-9-11-26-12-10-22/h1-8,13H,9-12H2/b18-13-. The van der Waals surface area contributed by atoms with Crippen LogP contribution in [0.4, 0.5) is 16.2 Å². The predicted octanol–water partition coefficient (Wildman–Crippen LogP) is 4.42. The SMILES string of the molecule is O=C1S/C(=C\c2ccc(N3CCOCC3)cc2)C(=O)N1c1ccccc1Cl. The Morgan fingerprint density at radius 1 is 1.00 bits per heavy atom. The third-order valence-corrected chi connectivity index (χ3v) is 5.64. The summed E-state index contributed by atoms with van der Waals surface area (Å²) in [6.07, 6.45) is 1.74. The number of hydrogen-bond donors (Lipinski definition) is 0. The summed E-state index contributed by atoms with van der Waals surface area (Å²) in [7, 11) is 0. The number of benzene rings is 2. The van der Waals surface area contributed by atoms with E-state index in [1.165, 1.54) is 0 Å². The molecule has 2 aliphatic heterocycles. The average molecular weight is 401 g/mol. The fourth-order valence-electron chi connectivity index (χ4n) is 3.06. The van der Waals surface area contributed by atoms with E-state index in [2.05, 4.69) is 4.90 Å². The molecule has 2 aliphatic rings. The lowest BCUT2D eigenvalue weighted by Crippen LogP contribution is -2.36. The molecule has 2 heterocycles. The van der Waals surface area contributed by atoms with Crippen molar-refractivity contribution in [2.24, 2.45) is 0 Å². The van der Waals surface area contributed by atoms with Gasteiger partial charge in [-0.3, -0.25) is 9.59 Å². The van der Waals surface area contributed by atoms with Crippen molar-refractivity contribution in [1.29, 1.82) is 0 Å². The van der Waals surface area contributed by atoms with Gasteiger partial charge in [-0.05, 0) is 47.7 Å². The van der Waals surface area contributed by atoms with Crippen molar-refractivity contribution in [3.8, 4) is 0 Å². The summed E-state index contributed by atoms with van der Waals surface area (Å²) in [6.45, 7) is 3.21. The van der Waals surface area contributed by atoms with Crippen LogP contribution in [0.5, 0.6) is 0 Å². The van der Waals surface area contributed by atoms with Crippen LogP contribution in [0.3, 0.4) is 0 Å². The van der Waals surface area contributed by atoms with Crippen LogP contribution in [0, 0.1) is 0 Å². The Morgan fingerprint density at radius 2 is 1.70 bits per heavy atom. The second kappa shape index (κ2) is 7.76. The molecule has 2 amide bonds. The van der Waals surface area contributed by atoms with Gasteiger partial charge in [0, 0.05) is 18.8 Å². The van der Waals surface area contributed by atoms with Crippen LogP contribution in [0.15, 0.2) is 53.4 Å². The molecular weight excluding hydrogens is 384 g/mol. The number of thioether (sulfide) groups is 1. The zero-order chi connectivity index (χ0) is 18.8. The summed E-state index contributed by atoms with van der Waals surface area (Å²) in [5.41, 5.74) is 2.41. The number of rotatable bonds is 3. The molecule has 4 rings (SSSR count). The first-order valence-electron chi connectivity index (χ1n) is 8.59. The number of imide groups is 1. The normalized spacial score (nSPS) is 19.2. The van der Waals surface area contributed by atoms with Gasteiger partial charge in [0.15, 0.2) is 0 Å². The summed E-state index contributed by atoms with van der Waals surface area (Å²) in [4.78, 5) is 28.8. The Kier molecular flexibility index (Phi) is 5.20. The Labute approximate surface area is 166 Å². The number of ether oxygens (including phenoxy) is 1. The maximum Gasteiger partial charge on any atom is 0.298 e. The number of amides is 2. The fourth-order valence-corrected chi connectivity index (χ4v) is 4.12. The number of anilines is 2. The highest BCUT2D eigenvalue weighted by Crippen LogP contribution is 2.38. The van der Waals surface area contributed by atoms with Crippen molar-refractivity contribution in [1.82, 2.24) is 0 Å². The molecule has 0 radical (unpaired) electrons. The fraction of sp³-hybridized carbons (Fsp3) is 0.200. The van der Waals surface area contributed by atoms with Gasteiger partial charge in [0.1, 0.15) is 0 Å². The number of halogens is 1. The van der Waals surface area contributed by atoms with E-state index in [1.54, 1.807) is 30.3 Å². The third kappa shape index (κ3) is 3.74. The van der Waals surface area contributed by atoms with Gasteiger partial charge in [0.2, 0.25) is 0 Å². The molecule has 2 fully saturated rings. The van der Waals surface area contributed by atoms with E-state index in [0.29, 0.717) is 15.6 Å². The van der Waals surface area contributed by atoms with Crippen LogP contribution in [0.25, 0.3) is 6.08 Å². The minimum Gasteiger partial charge on any atom is -0.378 e. The second-order valence-corrected chi connectivity index (χ2v) is 7.56. The van der Waals surface area contributed by atoms with Gasteiger partial charge in [0.05, 0.1) is 28.8 Å². The number of hydrogen-bond acceptors (Lipinski definition) is 5. The molecule has 2 aromatic carbocycles. The number of para-hydroxylation sites is 1. The third-order valence-electron chi connectivity index (χ3n) is 4.45. The molecule has 0 N–H and O–H groups in total. The Bertz CT molecular complexity index is 908. The van der Waals surface area contributed by atoms with Crippen molar-refractivity contribution in [3.05, 3.63) is 64.0 Å². The van der Waals surface area contributed by atoms with E-state index in [0.717, 1.165) is 54.2 Å². The van der Waals surface area contributed by atoms with Gasteiger partial charge in [-0.2, -0.15) is 0 Å². The Morgan fingerprint density at radius 3 is 2.41 bits per heavy atom. The molecule has 0 atom stereocenters. The highest BCUT2D eigenvalue weighted by atomic mass is 35.5. The molecule has 27 heavy (non-hydrogen) atoms. The zero-order valence-electron chi connectivity index (χ0n) is 14.4. The lowest BCUT2D eigenvalue weighted by Gasteiger charge is -2.28. The molecule has 2 aromatic rings. The van der Waals surface area contributed by atoms with Gasteiger partial charge in [-0.1, -0.05) is 35.9 Å². The highest BCUT2D eigenvalue weighted by molar-refractivity contribution is 8.19. The van der Waals surface area contributed by atoms with Gasteiger partial charge in [-0.15, -0.1) is 0 Å². The molecule has 138 valence electrons. The molecule has 0 bridgehead atoms. The van der Waals surface area contributed by atoms with Crippen molar-refractivity contribution in [2.75, 3.05) is 36.1 Å². The predicted molar refractivity (Wildman–Crippen MR) is 109 cm³/mol. The first-order valence-corrected chi connectivity index (χ1v) is 9.78. The molecule has 0 spiro atoms. The summed E-state index contributed by atoms with van der Waals surface area (Å²) < 4.78 is 5.37. The van der Waals surface area contributed by atoms with E-state index in [4.69, 9.17) is 16.3 Å². The van der Waals surface area contributed by atoms with Crippen molar-refractivity contribution in [2.45, 2.75) is 0 Å². The van der Waals surface area contributed by atoms with E-state index in [-0.39, 0.29) is 11.1 Å². The van der Waals surface area contributed by atoms with Gasteiger partial charge in [0.25, 0.3) is 11.1 Å². The van der Waals surface area contributed by atoms with Crippen LogP contribution in [-0.2, 0) is 9.53 Å². The summed E-state index contributed by atoms with van der Waals surface area (Å²) in [6, 6.07) is 14.8. The second-order valence-electron chi connectivity index (χ2n) is 6.16. The summed E-state index contributed by atoms with van der Waals surface area (Å²) in [5, 5.41) is 0.0280. The number of carbonyl (C=O) groups is 2. The largest absolute Gasteiger partial charge is 0.378 e. The van der Waals surface area contributed by atoms with Crippen LogP contribution in [0.2, 0.25) is 5.02 Å². The van der Waals surface area contributed by atoms with E-state index < -0.39 is 0 Å². The first kappa shape index (κ1) is 18.1. The van der Waals surface area contributed by atoms with Crippen molar-refractivity contribution in [3.63, 3.8) is 0 Å². The number of carbonyl (C=O) groups excluding carboxylic acids is 2. The van der Waals surface area contributed by atoms with Crippen molar-refractivity contribution >= 4 is 52.0 Å². The zero-order valence-corrected chi connectivity index (χ0v) is 16.0. The molecule has 0 unspecified atom stereocenters. The maximum atomic E-state index is 12.7. The molecule has 0 aliphatic carbocycles. The highest BCUT2D eigenvalue weighted by Gasteiger charge is 2.37. The Balaban J connectivity index is 1.55. The minimum absolute atomic E-state index is 0.343. The number of morpholine rings is 1. The lowest BCUT2D eigenvalue weighted by atomic mass is 10.1. The smallest absolute Gasteiger partial charge is 0.298 e. The molecule has 0 aromatic heterocycles. The average Bonchev–Trinajstić information content (AvgIpc) is 2.97. The monoisotopic (exact) mass is 400 g/mol. The van der Waals surface area contributed by atoms with Gasteiger partial charge in [-0.25, -0.2) is 4.90 Å². The van der Waals surface area contributed by atoms with E-state index >= 15 is 0 Å². The van der Waals surface area contributed by atoms with Crippen LogP contribution in [0.1, 0.15) is 5.56 Å². The molecule has 5 nitrogen and oxygen atoms in total. The summed E-state index contributed by atoms with van der Waals surface area (Å²) in [5.74, 6) is -0.352. The number of nitrogens with zero attached hydrogens (tertiary/aromatic N) is 2. The lowest BCUT2D eigenvalue weighted by molar-refractivity contribution is -0.113. The summed E-state index contributed by atoms with van der Waals surface area (Å²) >= 11 is 7.07. The van der Waals surface area contributed by atoms with Gasteiger partial charge < -0.3 is 9.64 Å². The minimum atomic E-state index is -0.352. The van der Waals surface area contributed by atoms with Crippen LogP contribution < -0.4 is 9.80 Å². The maximum absolute atomic E-state index is 12.7. The van der Waals surface area contributed by atoms with Crippen molar-refractivity contribution < 1.29 is 14.3 Å². The molecule has 2 saturated heterocycles. The van der Waals surface area contributed by atoms with Crippen LogP contribution in [-0.4, -0.2) is 37.4 Å².